The third-order valence-electron chi connectivity index (χ3n) is 9.60. The molecule has 0 aliphatic heterocycles. The van der Waals surface area contributed by atoms with Gasteiger partial charge in [-0.25, -0.2) is 0 Å². The second-order valence-corrected chi connectivity index (χ2v) is 11.3. The van der Waals surface area contributed by atoms with Gasteiger partial charge >= 0.3 is 0 Å². The summed E-state index contributed by atoms with van der Waals surface area (Å²) >= 11 is 0. The van der Waals surface area contributed by atoms with Crippen molar-refractivity contribution in [2.24, 2.45) is 39.7 Å². The van der Waals surface area contributed by atoms with Gasteiger partial charge in [0.2, 0.25) is 0 Å². The summed E-state index contributed by atoms with van der Waals surface area (Å²) in [6.45, 7) is 6.24. The summed E-state index contributed by atoms with van der Waals surface area (Å²) in [5.74, 6) is 2.20. The third-order valence-corrected chi connectivity index (χ3v) is 9.60. The molecule has 0 aromatic carbocycles. The van der Waals surface area contributed by atoms with Gasteiger partial charge in [0.1, 0.15) is 6.61 Å². The van der Waals surface area contributed by atoms with E-state index in [1.807, 2.05) is 14.1 Å². The molecule has 5 nitrogen and oxygen atoms in total. The molecule has 0 bridgehead atoms. The Bertz CT molecular complexity index is 677. The number of fused-ring (bicyclic) bond motifs is 5. The van der Waals surface area contributed by atoms with Gasteiger partial charge in [0.05, 0.1) is 18.4 Å². The first-order chi connectivity index (χ1) is 14.3. The quantitative estimate of drug-likeness (QED) is 0.404. The van der Waals surface area contributed by atoms with E-state index in [1.165, 1.54) is 12.0 Å². The lowest BCUT2D eigenvalue weighted by molar-refractivity contribution is -0.156. The highest BCUT2D eigenvalue weighted by Gasteiger charge is 2.61. The molecule has 0 heterocycles. The van der Waals surface area contributed by atoms with Gasteiger partial charge in [0, 0.05) is 6.54 Å². The predicted octanol–water partition coefficient (Wildman–Crippen LogP) is 3.85. The number of rotatable bonds is 5. The Hall–Kier alpha value is -0.910. The van der Waals surface area contributed by atoms with Crippen molar-refractivity contribution in [3.8, 4) is 0 Å². The van der Waals surface area contributed by atoms with Crippen molar-refractivity contribution in [1.29, 1.82) is 0 Å². The number of hydrogen-bond acceptors (Lipinski definition) is 5. The Kier molecular flexibility index (Phi) is 6.36. The Morgan fingerprint density at radius 1 is 1.07 bits per heavy atom. The van der Waals surface area contributed by atoms with Crippen molar-refractivity contribution < 1.29 is 15.1 Å². The molecule has 2 N–H and O–H groups in total. The molecule has 0 amide bonds. The molecule has 4 rings (SSSR count). The lowest BCUT2D eigenvalue weighted by atomic mass is 9.44. The Balaban J connectivity index is 1.42. The molecule has 0 spiro atoms. The molecule has 4 aliphatic rings. The van der Waals surface area contributed by atoms with Crippen LogP contribution in [0.2, 0.25) is 0 Å². The average Bonchev–Trinajstić information content (AvgIpc) is 3.00. The van der Waals surface area contributed by atoms with Gasteiger partial charge in [-0.2, -0.15) is 0 Å². The number of oxime groups is 1. The number of likely N-dealkylation sites (N-methyl/N-ethyl adjacent to an activating group) is 1. The molecule has 0 unspecified atom stereocenters. The van der Waals surface area contributed by atoms with Crippen LogP contribution in [-0.2, 0) is 4.84 Å². The molecule has 4 fully saturated rings. The minimum atomic E-state index is -0.228. The molecule has 0 aromatic heterocycles. The maximum atomic E-state index is 11.2. The number of aliphatic hydroxyl groups excluding tert-OH is 2. The first kappa shape index (κ1) is 22.3. The minimum absolute atomic E-state index is 0.0763. The molecule has 0 radical (unpaired) electrons. The van der Waals surface area contributed by atoms with Crippen LogP contribution in [0, 0.1) is 34.5 Å². The Morgan fingerprint density at radius 3 is 2.60 bits per heavy atom. The van der Waals surface area contributed by atoms with Crippen molar-refractivity contribution in [1.82, 2.24) is 4.90 Å². The van der Waals surface area contributed by atoms with Crippen LogP contribution in [0.25, 0.3) is 0 Å². The summed E-state index contributed by atoms with van der Waals surface area (Å²) in [5.41, 5.74) is 1.69. The summed E-state index contributed by atoms with van der Waals surface area (Å²) < 4.78 is 0. The first-order valence-corrected chi connectivity index (χ1v) is 12.1. The zero-order valence-corrected chi connectivity index (χ0v) is 19.4. The summed E-state index contributed by atoms with van der Waals surface area (Å²) in [7, 11) is 4.05. The van der Waals surface area contributed by atoms with Crippen LogP contribution in [0.3, 0.4) is 0 Å². The zero-order chi connectivity index (χ0) is 21.5. The van der Waals surface area contributed by atoms with Crippen molar-refractivity contribution in [2.45, 2.75) is 77.4 Å². The van der Waals surface area contributed by atoms with Crippen molar-refractivity contribution in [2.75, 3.05) is 27.2 Å². The zero-order valence-electron chi connectivity index (χ0n) is 19.4. The van der Waals surface area contributed by atoms with E-state index < -0.39 is 0 Å². The van der Waals surface area contributed by atoms with Crippen LogP contribution in [0.1, 0.15) is 65.2 Å². The fourth-order valence-electron chi connectivity index (χ4n) is 7.73. The van der Waals surface area contributed by atoms with Gasteiger partial charge in [0.15, 0.2) is 0 Å². The SMILES string of the molecule is CN(C)CCO/N=C\C=C1\CC[C@@]2(C)[C@H](C1)[C@@H](O)C[C@@H]1[C@@H]2CC[C@]2(C)[C@@H](O)CC[C@@H]12. The summed E-state index contributed by atoms with van der Waals surface area (Å²) in [6, 6.07) is 0. The van der Waals surface area contributed by atoms with Crippen LogP contribution in [0.5, 0.6) is 0 Å². The standard InChI is InChI=1S/C25H42N2O3/c1-24-10-7-17(9-12-26-30-14-13-27(3)4)15-21(24)22(28)16-18-19-5-6-23(29)25(19,2)11-8-20(18)24/h9,12,18-23,28-29H,5-8,10-11,13-16H2,1-4H3/b17-9-,26-12-/t18-,19-,20-,21+,22-,23-,24+,25-/m0/s1. The van der Waals surface area contributed by atoms with Gasteiger partial charge in [-0.1, -0.05) is 24.6 Å². The fourth-order valence-corrected chi connectivity index (χ4v) is 7.73. The van der Waals surface area contributed by atoms with Crippen molar-refractivity contribution in [3.05, 3.63) is 11.6 Å². The second-order valence-electron chi connectivity index (χ2n) is 11.3. The van der Waals surface area contributed by atoms with Gasteiger partial charge in [-0.05, 0) is 106 Å². The van der Waals surface area contributed by atoms with Crippen LogP contribution in [-0.4, -0.2) is 60.8 Å². The number of allylic oxidation sites excluding steroid dienone is 2. The molecule has 8 atom stereocenters. The van der Waals surface area contributed by atoms with Gasteiger partial charge in [-0.15, -0.1) is 0 Å². The lowest BCUT2D eigenvalue weighted by Crippen LogP contribution is -2.57. The lowest BCUT2D eigenvalue weighted by Gasteiger charge is -2.61. The van der Waals surface area contributed by atoms with E-state index in [1.54, 1.807) is 6.21 Å². The number of aliphatic hydroxyl groups is 2. The maximum absolute atomic E-state index is 11.2. The van der Waals surface area contributed by atoms with Gasteiger partial charge in [0.25, 0.3) is 0 Å². The molecule has 4 aliphatic carbocycles. The largest absolute Gasteiger partial charge is 0.394 e. The molecule has 4 saturated carbocycles. The highest BCUT2D eigenvalue weighted by Crippen LogP contribution is 2.66. The van der Waals surface area contributed by atoms with Gasteiger partial charge < -0.3 is 20.0 Å². The van der Waals surface area contributed by atoms with E-state index in [2.05, 4.69) is 30.0 Å². The van der Waals surface area contributed by atoms with E-state index in [-0.39, 0.29) is 23.0 Å². The smallest absolute Gasteiger partial charge is 0.129 e. The molecule has 0 saturated heterocycles. The first-order valence-electron chi connectivity index (χ1n) is 12.1. The number of nitrogens with zero attached hydrogens (tertiary/aromatic N) is 2. The number of hydrogen-bond donors (Lipinski definition) is 2. The highest BCUT2D eigenvalue weighted by molar-refractivity contribution is 5.71. The monoisotopic (exact) mass is 418 g/mol. The topological polar surface area (TPSA) is 65.3 Å². The molecular weight excluding hydrogens is 376 g/mol. The minimum Gasteiger partial charge on any atom is -0.394 e. The molecule has 0 aromatic rings. The van der Waals surface area contributed by atoms with Crippen LogP contribution in [0.4, 0.5) is 0 Å². The third kappa shape index (κ3) is 3.86. The summed E-state index contributed by atoms with van der Waals surface area (Å²) in [6.07, 6.45) is 12.1. The van der Waals surface area contributed by atoms with Crippen molar-refractivity contribution in [3.63, 3.8) is 0 Å². The van der Waals surface area contributed by atoms with Crippen LogP contribution in [0.15, 0.2) is 16.8 Å². The molecule has 30 heavy (non-hydrogen) atoms. The highest BCUT2D eigenvalue weighted by atomic mass is 16.6. The van der Waals surface area contributed by atoms with E-state index >= 15 is 0 Å². The van der Waals surface area contributed by atoms with Crippen molar-refractivity contribution >= 4 is 6.21 Å². The Labute approximate surface area is 182 Å². The van der Waals surface area contributed by atoms with Gasteiger partial charge in [-0.3, -0.25) is 0 Å². The fraction of sp³-hybridized carbons (Fsp3) is 0.880. The van der Waals surface area contributed by atoms with E-state index in [4.69, 9.17) is 4.84 Å². The average molecular weight is 419 g/mol. The summed E-state index contributed by atoms with van der Waals surface area (Å²) in [4.78, 5) is 7.40. The van der Waals surface area contributed by atoms with Crippen LogP contribution >= 0.6 is 0 Å². The molecule has 170 valence electrons. The second kappa shape index (κ2) is 8.55. The van der Waals surface area contributed by atoms with E-state index in [0.29, 0.717) is 30.3 Å². The predicted molar refractivity (Wildman–Crippen MR) is 120 cm³/mol. The molecular formula is C25H42N2O3. The Morgan fingerprint density at radius 2 is 1.83 bits per heavy atom. The van der Waals surface area contributed by atoms with Crippen LogP contribution < -0.4 is 0 Å². The maximum Gasteiger partial charge on any atom is 0.129 e. The molecule has 5 heteroatoms. The normalized spacial score (nSPS) is 47.4. The summed E-state index contributed by atoms with van der Waals surface area (Å²) in [5, 5.41) is 26.0. The van der Waals surface area contributed by atoms with E-state index in [0.717, 1.165) is 51.5 Å². The van der Waals surface area contributed by atoms with E-state index in [9.17, 15) is 10.2 Å².